The van der Waals surface area contributed by atoms with Gasteiger partial charge in [0.2, 0.25) is 0 Å². The summed E-state index contributed by atoms with van der Waals surface area (Å²) in [4.78, 5) is 0. The monoisotopic (exact) mass is 234 g/mol. The number of benzene rings is 1. The summed E-state index contributed by atoms with van der Waals surface area (Å²) >= 11 is 11.9. The summed E-state index contributed by atoms with van der Waals surface area (Å²) < 4.78 is 5.01. The van der Waals surface area contributed by atoms with E-state index in [9.17, 15) is 5.11 Å². The predicted octanol–water partition coefficient (Wildman–Crippen LogP) is 2.93. The summed E-state index contributed by atoms with van der Waals surface area (Å²) in [5.41, 5.74) is 0.826. The van der Waals surface area contributed by atoms with E-state index in [4.69, 9.17) is 27.9 Å². The molecule has 0 aliphatic rings. The second kappa shape index (κ2) is 4.87. The van der Waals surface area contributed by atoms with Crippen molar-refractivity contribution in [2.45, 2.75) is 19.4 Å². The SMILES string of the molecule is COc1cc(Cl)c(CC(C)O)cc1Cl. The lowest BCUT2D eigenvalue weighted by Gasteiger charge is -2.10. The van der Waals surface area contributed by atoms with Crippen molar-refractivity contribution in [1.82, 2.24) is 0 Å². The first kappa shape index (κ1) is 11.6. The van der Waals surface area contributed by atoms with Crippen LogP contribution in [-0.2, 0) is 6.42 Å². The smallest absolute Gasteiger partial charge is 0.138 e. The molecule has 1 aromatic rings. The standard InChI is InChI=1S/C10H12Cl2O2/c1-6(13)3-7-4-9(12)10(14-2)5-8(7)11/h4-6,13H,3H2,1-2H3. The van der Waals surface area contributed by atoms with Crippen LogP contribution < -0.4 is 4.74 Å². The van der Waals surface area contributed by atoms with Gasteiger partial charge in [0, 0.05) is 11.1 Å². The Labute approximate surface area is 93.4 Å². The second-order valence-electron chi connectivity index (χ2n) is 3.13. The van der Waals surface area contributed by atoms with E-state index in [0.29, 0.717) is 22.2 Å². The summed E-state index contributed by atoms with van der Waals surface area (Å²) in [5.74, 6) is 0.547. The van der Waals surface area contributed by atoms with Crippen LogP contribution in [0.3, 0.4) is 0 Å². The van der Waals surface area contributed by atoms with Gasteiger partial charge in [-0.2, -0.15) is 0 Å². The molecule has 1 unspecified atom stereocenters. The minimum absolute atomic E-state index is 0.433. The fraction of sp³-hybridized carbons (Fsp3) is 0.400. The van der Waals surface area contributed by atoms with E-state index in [1.54, 1.807) is 19.1 Å². The molecule has 0 radical (unpaired) electrons. The molecule has 1 rings (SSSR count). The quantitative estimate of drug-likeness (QED) is 0.872. The maximum atomic E-state index is 9.21. The van der Waals surface area contributed by atoms with E-state index in [0.717, 1.165) is 5.56 Å². The Kier molecular flexibility index (Phi) is 4.05. The molecule has 0 spiro atoms. The molecule has 0 fully saturated rings. The van der Waals surface area contributed by atoms with Crippen molar-refractivity contribution in [3.63, 3.8) is 0 Å². The molecule has 0 bridgehead atoms. The van der Waals surface area contributed by atoms with E-state index in [1.165, 1.54) is 7.11 Å². The lowest BCUT2D eigenvalue weighted by molar-refractivity contribution is 0.195. The molecule has 0 saturated heterocycles. The average Bonchev–Trinajstić information content (AvgIpc) is 2.10. The van der Waals surface area contributed by atoms with Gasteiger partial charge in [-0.25, -0.2) is 0 Å². The Hall–Kier alpha value is -0.440. The zero-order valence-electron chi connectivity index (χ0n) is 8.05. The van der Waals surface area contributed by atoms with Gasteiger partial charge in [0.05, 0.1) is 18.2 Å². The fourth-order valence-electron chi connectivity index (χ4n) is 1.20. The molecular weight excluding hydrogens is 223 g/mol. The minimum atomic E-state index is -0.433. The van der Waals surface area contributed by atoms with Gasteiger partial charge in [0.25, 0.3) is 0 Å². The van der Waals surface area contributed by atoms with Crippen LogP contribution in [0.2, 0.25) is 10.0 Å². The van der Waals surface area contributed by atoms with Crippen molar-refractivity contribution in [3.8, 4) is 5.75 Å². The third kappa shape index (κ3) is 2.77. The second-order valence-corrected chi connectivity index (χ2v) is 3.95. The molecule has 1 aromatic carbocycles. The molecule has 0 amide bonds. The molecular formula is C10H12Cl2O2. The normalized spacial score (nSPS) is 12.6. The van der Waals surface area contributed by atoms with Crippen LogP contribution in [0.25, 0.3) is 0 Å². The molecule has 0 aliphatic heterocycles. The number of halogens is 2. The molecule has 0 aromatic heterocycles. The lowest BCUT2D eigenvalue weighted by Crippen LogP contribution is -2.04. The highest BCUT2D eigenvalue weighted by molar-refractivity contribution is 6.34. The van der Waals surface area contributed by atoms with E-state index in [1.807, 2.05) is 0 Å². The predicted molar refractivity (Wildman–Crippen MR) is 58.4 cm³/mol. The Morgan fingerprint density at radius 3 is 2.50 bits per heavy atom. The highest BCUT2D eigenvalue weighted by atomic mass is 35.5. The largest absolute Gasteiger partial charge is 0.495 e. The number of rotatable bonds is 3. The van der Waals surface area contributed by atoms with Crippen molar-refractivity contribution in [3.05, 3.63) is 27.7 Å². The van der Waals surface area contributed by atoms with Crippen LogP contribution in [-0.4, -0.2) is 18.3 Å². The van der Waals surface area contributed by atoms with Crippen LogP contribution in [0.1, 0.15) is 12.5 Å². The third-order valence-electron chi connectivity index (χ3n) is 1.84. The number of methoxy groups -OCH3 is 1. The van der Waals surface area contributed by atoms with Crippen molar-refractivity contribution in [1.29, 1.82) is 0 Å². The first-order valence-corrected chi connectivity index (χ1v) is 5.00. The molecule has 4 heteroatoms. The minimum Gasteiger partial charge on any atom is -0.495 e. The first-order valence-electron chi connectivity index (χ1n) is 4.24. The van der Waals surface area contributed by atoms with Gasteiger partial charge < -0.3 is 9.84 Å². The molecule has 0 aliphatic carbocycles. The Balaban J connectivity index is 3.02. The lowest BCUT2D eigenvalue weighted by atomic mass is 10.1. The Morgan fingerprint density at radius 1 is 1.36 bits per heavy atom. The van der Waals surface area contributed by atoms with Gasteiger partial charge in [0.15, 0.2) is 0 Å². The Morgan fingerprint density at radius 2 is 2.00 bits per heavy atom. The zero-order valence-corrected chi connectivity index (χ0v) is 9.56. The maximum absolute atomic E-state index is 9.21. The first-order chi connectivity index (χ1) is 6.54. The van der Waals surface area contributed by atoms with Crippen LogP contribution in [0.4, 0.5) is 0 Å². The maximum Gasteiger partial charge on any atom is 0.138 e. The van der Waals surface area contributed by atoms with E-state index < -0.39 is 6.10 Å². The average molecular weight is 235 g/mol. The van der Waals surface area contributed by atoms with E-state index >= 15 is 0 Å². The van der Waals surface area contributed by atoms with E-state index in [2.05, 4.69) is 0 Å². The van der Waals surface area contributed by atoms with Gasteiger partial charge in [0.1, 0.15) is 5.75 Å². The zero-order chi connectivity index (χ0) is 10.7. The summed E-state index contributed by atoms with van der Waals surface area (Å²) in [6.07, 6.45) is 0.0553. The molecule has 1 atom stereocenters. The molecule has 78 valence electrons. The third-order valence-corrected chi connectivity index (χ3v) is 2.48. The summed E-state index contributed by atoms with van der Waals surface area (Å²) in [7, 11) is 1.53. The molecule has 1 N–H and O–H groups in total. The molecule has 0 saturated carbocycles. The van der Waals surface area contributed by atoms with Gasteiger partial charge in [-0.3, -0.25) is 0 Å². The number of hydrogen-bond acceptors (Lipinski definition) is 2. The van der Waals surface area contributed by atoms with Gasteiger partial charge in [-0.1, -0.05) is 23.2 Å². The summed E-state index contributed by atoms with van der Waals surface area (Å²) in [6, 6.07) is 3.37. The van der Waals surface area contributed by atoms with Crippen molar-refractivity contribution < 1.29 is 9.84 Å². The highest BCUT2D eigenvalue weighted by Gasteiger charge is 2.09. The highest BCUT2D eigenvalue weighted by Crippen LogP contribution is 2.31. The summed E-state index contributed by atoms with van der Waals surface area (Å²) in [6.45, 7) is 1.70. The molecule has 2 nitrogen and oxygen atoms in total. The van der Waals surface area contributed by atoms with Crippen molar-refractivity contribution >= 4 is 23.2 Å². The fourth-order valence-corrected chi connectivity index (χ4v) is 1.70. The summed E-state index contributed by atoms with van der Waals surface area (Å²) in [5, 5.41) is 10.3. The number of aliphatic hydroxyl groups is 1. The number of ether oxygens (including phenoxy) is 1. The topological polar surface area (TPSA) is 29.5 Å². The van der Waals surface area contributed by atoms with E-state index in [-0.39, 0.29) is 0 Å². The van der Waals surface area contributed by atoms with Gasteiger partial charge >= 0.3 is 0 Å². The van der Waals surface area contributed by atoms with Crippen molar-refractivity contribution in [2.24, 2.45) is 0 Å². The van der Waals surface area contributed by atoms with Gasteiger partial charge in [-0.05, 0) is 25.0 Å². The molecule has 14 heavy (non-hydrogen) atoms. The number of aliphatic hydroxyl groups excluding tert-OH is 1. The van der Waals surface area contributed by atoms with Crippen molar-refractivity contribution in [2.75, 3.05) is 7.11 Å². The molecule has 0 heterocycles. The number of hydrogen-bond donors (Lipinski definition) is 1. The van der Waals surface area contributed by atoms with Gasteiger partial charge in [-0.15, -0.1) is 0 Å². The van der Waals surface area contributed by atoms with Crippen LogP contribution >= 0.6 is 23.2 Å². The Bertz CT molecular complexity index is 324. The van der Waals surface area contributed by atoms with Crippen LogP contribution in [0, 0.1) is 0 Å². The van der Waals surface area contributed by atoms with Crippen LogP contribution in [0.5, 0.6) is 5.75 Å². The van der Waals surface area contributed by atoms with Crippen LogP contribution in [0.15, 0.2) is 12.1 Å².